The zero-order chi connectivity index (χ0) is 69.2. The summed E-state index contributed by atoms with van der Waals surface area (Å²) >= 11 is 0. The summed E-state index contributed by atoms with van der Waals surface area (Å²) in [5, 5.41) is 13.6. The van der Waals surface area contributed by atoms with Crippen LogP contribution in [0.1, 0.15) is 99.9 Å². The first-order valence-corrected chi connectivity index (χ1v) is 36.1. The molecule has 103 heavy (non-hydrogen) atoms. The van der Waals surface area contributed by atoms with E-state index < -0.39 is 0 Å². The first-order chi connectivity index (χ1) is 50.0. The van der Waals surface area contributed by atoms with Crippen molar-refractivity contribution in [3.63, 3.8) is 0 Å². The minimum absolute atomic E-state index is 0.110. The molecule has 0 radical (unpaired) electrons. The fourth-order valence-corrected chi connectivity index (χ4v) is 18.5. The molecule has 21 rings (SSSR count). The number of benzene rings is 14. The maximum atomic E-state index is 7.01. The summed E-state index contributed by atoms with van der Waals surface area (Å²) in [6, 6.07) is 103. The van der Waals surface area contributed by atoms with Crippen molar-refractivity contribution in [2.45, 2.75) is 77.0 Å². The van der Waals surface area contributed by atoms with Crippen molar-refractivity contribution in [3.05, 3.63) is 324 Å². The van der Waals surface area contributed by atoms with E-state index in [1.807, 2.05) is 0 Å². The highest BCUT2D eigenvalue weighted by Gasteiger charge is 2.40. The lowest BCUT2D eigenvalue weighted by atomic mass is 9.81. The van der Waals surface area contributed by atoms with E-state index in [2.05, 4.69) is 345 Å². The molecule has 17 aromatic rings. The summed E-state index contributed by atoms with van der Waals surface area (Å²) in [4.78, 5) is 0. The molecular weight excluding hydrogens is 1250 g/mol. The zero-order valence-corrected chi connectivity index (χ0v) is 58.7. The van der Waals surface area contributed by atoms with Gasteiger partial charge in [0.2, 0.25) is 11.8 Å². The topological polar surface area (TPSA) is 65.2 Å². The predicted molar refractivity (Wildman–Crippen MR) is 423 cm³/mol. The molecule has 3 heterocycles. The van der Waals surface area contributed by atoms with Gasteiger partial charge in [0, 0.05) is 65.5 Å². The van der Waals surface area contributed by atoms with Gasteiger partial charge in [-0.1, -0.05) is 237 Å². The predicted octanol–water partition coefficient (Wildman–Crippen LogP) is 26.4. The molecule has 4 aliphatic carbocycles. The minimum Gasteiger partial charge on any atom is -0.455 e. The summed E-state index contributed by atoms with van der Waals surface area (Å²) in [6.45, 7) is 18.8. The lowest BCUT2D eigenvalue weighted by molar-refractivity contribution is 0.584. The lowest BCUT2D eigenvalue weighted by Crippen LogP contribution is -2.14. The van der Waals surface area contributed by atoms with E-state index in [0.29, 0.717) is 11.8 Å². The van der Waals surface area contributed by atoms with Crippen molar-refractivity contribution in [2.24, 2.45) is 0 Å². The van der Waals surface area contributed by atoms with Gasteiger partial charge in [0.05, 0.1) is 0 Å². The first-order valence-electron chi connectivity index (χ1n) is 36.1. The van der Waals surface area contributed by atoms with E-state index in [-0.39, 0.29) is 21.7 Å². The van der Waals surface area contributed by atoms with Gasteiger partial charge in [0.1, 0.15) is 22.3 Å². The maximum Gasteiger partial charge on any atom is 0.248 e. The van der Waals surface area contributed by atoms with Crippen molar-refractivity contribution in [1.29, 1.82) is 0 Å². The van der Waals surface area contributed by atoms with E-state index in [1.54, 1.807) is 0 Å². The highest BCUT2D eigenvalue weighted by molar-refractivity contribution is 6.14. The molecule has 3 aromatic heterocycles. The maximum absolute atomic E-state index is 7.01. The summed E-state index contributed by atoms with van der Waals surface area (Å²) in [6.07, 6.45) is 0. The molecule has 0 N–H and O–H groups in total. The third kappa shape index (κ3) is 8.66. The number of fused-ring (bicyclic) bond motifs is 18. The van der Waals surface area contributed by atoms with Crippen molar-refractivity contribution in [2.75, 3.05) is 0 Å². The van der Waals surface area contributed by atoms with E-state index in [1.165, 1.54) is 100 Å². The van der Waals surface area contributed by atoms with Crippen LogP contribution in [0.25, 0.3) is 178 Å². The normalized spacial score (nSPS) is 14.9. The number of hydrogen-bond donors (Lipinski definition) is 0. The smallest absolute Gasteiger partial charge is 0.248 e. The second-order valence-electron chi connectivity index (χ2n) is 31.2. The second-order valence-corrected chi connectivity index (χ2v) is 31.2. The van der Waals surface area contributed by atoms with Crippen LogP contribution in [0.5, 0.6) is 0 Å². The number of nitrogens with zero attached hydrogens (tertiary/aromatic N) is 2. The van der Waals surface area contributed by atoms with Crippen LogP contribution in [0, 0.1) is 0 Å². The summed E-state index contributed by atoms with van der Waals surface area (Å²) in [5.41, 5.74) is 39.1. The Hall–Kier alpha value is -12.2. The quantitative estimate of drug-likeness (QED) is 0.152. The monoisotopic (exact) mass is 1320 g/mol. The van der Waals surface area contributed by atoms with Gasteiger partial charge in [0.15, 0.2) is 0 Å². The molecule has 0 amide bonds. The van der Waals surface area contributed by atoms with E-state index in [9.17, 15) is 0 Å². The molecule has 0 atom stereocenters. The van der Waals surface area contributed by atoms with Gasteiger partial charge in [0.25, 0.3) is 0 Å². The van der Waals surface area contributed by atoms with Crippen LogP contribution >= 0.6 is 0 Å². The van der Waals surface area contributed by atoms with Gasteiger partial charge < -0.3 is 13.3 Å². The van der Waals surface area contributed by atoms with Gasteiger partial charge >= 0.3 is 0 Å². The Morgan fingerprint density at radius 3 is 0.777 bits per heavy atom. The molecule has 0 unspecified atom stereocenters. The standard InChI is InChI=1S/C98H70N2O3/c1-95(2)81-21-13-9-17-67(81)71-39-33-61(51-85(71)95)59-37-43-89-77(45-59)79-49-65(63-35-41-73-69-19-11-15-23-83(69)97(5,6)87(73)53-63)47-75(91(79)101-89)55-25-29-57(30-26-55)93-99-100-94(103-93)58-31-27-56(28-32-58)76-48-66(64-36-42-74-70-20-12-16-24-84(70)98(7,8)88(74)54-64)50-80-78-46-60(38-44-90(78)102-92(76)80)62-34-40-72-68-18-10-14-22-82(68)96(3,4)86(72)52-62/h9-54H,1-8H3. The van der Waals surface area contributed by atoms with Gasteiger partial charge in [-0.25, -0.2) is 0 Å². The third-order valence-electron chi connectivity index (χ3n) is 24.1. The van der Waals surface area contributed by atoms with Crippen molar-refractivity contribution in [3.8, 4) is 134 Å². The Morgan fingerprint density at radius 1 is 0.194 bits per heavy atom. The lowest BCUT2D eigenvalue weighted by Gasteiger charge is -2.22. The third-order valence-corrected chi connectivity index (χ3v) is 24.1. The zero-order valence-electron chi connectivity index (χ0n) is 58.7. The molecule has 5 heteroatoms. The molecule has 0 spiro atoms. The molecule has 0 aliphatic heterocycles. The fourth-order valence-electron chi connectivity index (χ4n) is 18.5. The van der Waals surface area contributed by atoms with Gasteiger partial charge in [-0.15, -0.1) is 10.2 Å². The van der Waals surface area contributed by atoms with Crippen LogP contribution in [-0.2, 0) is 21.7 Å². The van der Waals surface area contributed by atoms with Crippen molar-refractivity contribution in [1.82, 2.24) is 10.2 Å². The highest BCUT2D eigenvalue weighted by atomic mass is 16.4. The fraction of sp³-hybridized carbons (Fsp3) is 0.122. The Labute approximate surface area is 598 Å². The molecule has 4 aliphatic rings. The van der Waals surface area contributed by atoms with Crippen LogP contribution in [-0.4, -0.2) is 10.2 Å². The Morgan fingerprint density at radius 2 is 0.447 bits per heavy atom. The summed E-state index contributed by atoms with van der Waals surface area (Å²) in [5.74, 6) is 0.874. The molecule has 5 nitrogen and oxygen atoms in total. The number of rotatable bonds is 8. The first kappa shape index (κ1) is 59.7. The Kier molecular flexibility index (Phi) is 12.3. The highest BCUT2D eigenvalue weighted by Crippen LogP contribution is 2.55. The van der Waals surface area contributed by atoms with Crippen molar-refractivity contribution >= 4 is 43.9 Å². The van der Waals surface area contributed by atoms with E-state index in [4.69, 9.17) is 13.3 Å². The largest absolute Gasteiger partial charge is 0.455 e. The van der Waals surface area contributed by atoms with E-state index in [0.717, 1.165) is 111 Å². The van der Waals surface area contributed by atoms with Gasteiger partial charge in [-0.2, -0.15) is 0 Å². The van der Waals surface area contributed by atoms with Crippen LogP contribution in [0.4, 0.5) is 0 Å². The Bertz CT molecular complexity index is 6140. The molecule has 0 saturated carbocycles. The van der Waals surface area contributed by atoms with Crippen LogP contribution in [0.15, 0.2) is 292 Å². The molecular formula is C98H70N2O3. The molecule has 14 aromatic carbocycles. The summed E-state index contributed by atoms with van der Waals surface area (Å²) < 4.78 is 20.6. The number of hydrogen-bond acceptors (Lipinski definition) is 5. The average Bonchev–Trinajstić information content (AvgIpc) is 1.77. The average molecular weight is 1320 g/mol. The SMILES string of the molecule is CC1(C)c2ccccc2-c2ccc(-c3ccc4oc5c(-c6ccc(-c7nnc(-c8ccc(-c9cc(-c%10ccc%11c(c%10)C(C)(C)c%10ccccc%10-%11)cc%10c9oc9ccc(-c%11ccc%12c(c%11)C(C)(C)c%11ccccc%11-%12)cc9%10)cc8)o7)cc6)cc(-c6ccc7c(c6)C(C)(C)c6ccccc6-7)cc5c4c3)cc21. The van der Waals surface area contributed by atoms with Gasteiger partial charge in [-0.05, 0) is 242 Å². The van der Waals surface area contributed by atoms with Crippen molar-refractivity contribution < 1.29 is 13.3 Å². The van der Waals surface area contributed by atoms with Crippen LogP contribution in [0.2, 0.25) is 0 Å². The van der Waals surface area contributed by atoms with Gasteiger partial charge in [-0.3, -0.25) is 0 Å². The van der Waals surface area contributed by atoms with Crippen LogP contribution < -0.4 is 0 Å². The van der Waals surface area contributed by atoms with E-state index >= 15 is 0 Å². The Balaban J connectivity index is 0.631. The number of aromatic nitrogens is 2. The molecule has 0 fully saturated rings. The second kappa shape index (κ2) is 21.2. The molecule has 0 bridgehead atoms. The number of furan rings is 2. The summed E-state index contributed by atoms with van der Waals surface area (Å²) in [7, 11) is 0. The van der Waals surface area contributed by atoms with Crippen LogP contribution in [0.3, 0.4) is 0 Å². The minimum atomic E-state index is -0.151. The molecule has 490 valence electrons. The molecule has 0 saturated heterocycles.